The Labute approximate surface area is 107 Å². The van der Waals surface area contributed by atoms with Gasteiger partial charge in [-0.3, -0.25) is 4.79 Å². The van der Waals surface area contributed by atoms with Gasteiger partial charge in [-0.1, -0.05) is 12.1 Å². The Hall–Kier alpha value is -1.39. The molecule has 0 atom stereocenters. The lowest BCUT2D eigenvalue weighted by molar-refractivity contribution is -0.122. The Bertz CT molecular complexity index is 383. The molecule has 0 radical (unpaired) electrons. The quantitative estimate of drug-likeness (QED) is 0.852. The average molecular weight is 249 g/mol. The maximum atomic E-state index is 12.0. The largest absolute Gasteiger partial charge is 0.396 e. The molecule has 0 saturated carbocycles. The number of ether oxygens (including phenoxy) is 1. The van der Waals surface area contributed by atoms with Crippen molar-refractivity contribution in [2.75, 3.05) is 25.1 Å². The van der Waals surface area contributed by atoms with Gasteiger partial charge in [0.25, 0.3) is 0 Å². The number of hydrogen-bond acceptors (Lipinski definition) is 3. The molecule has 4 nitrogen and oxygen atoms in total. The highest BCUT2D eigenvalue weighted by molar-refractivity contribution is 5.92. The SMILES string of the molecule is O=C(Nc1ccc(CCO)cc1)C1CCOCC1. The van der Waals surface area contributed by atoms with Crippen LogP contribution in [-0.2, 0) is 16.0 Å². The summed E-state index contributed by atoms with van der Waals surface area (Å²) in [5.74, 6) is 0.143. The Morgan fingerprint density at radius 2 is 1.94 bits per heavy atom. The molecule has 18 heavy (non-hydrogen) atoms. The maximum absolute atomic E-state index is 12.0. The first-order chi connectivity index (χ1) is 8.79. The van der Waals surface area contributed by atoms with Crippen LogP contribution in [0.4, 0.5) is 5.69 Å². The predicted molar refractivity (Wildman–Crippen MR) is 69.4 cm³/mol. The van der Waals surface area contributed by atoms with E-state index in [4.69, 9.17) is 9.84 Å². The highest BCUT2D eigenvalue weighted by atomic mass is 16.5. The molecule has 1 fully saturated rings. The standard InChI is InChI=1S/C14H19NO3/c16-8-5-11-1-3-13(4-2-11)15-14(17)12-6-9-18-10-7-12/h1-4,12,16H,5-10H2,(H,15,17). The lowest BCUT2D eigenvalue weighted by Crippen LogP contribution is -2.28. The van der Waals surface area contributed by atoms with Gasteiger partial charge in [-0.2, -0.15) is 0 Å². The topological polar surface area (TPSA) is 58.6 Å². The minimum Gasteiger partial charge on any atom is -0.396 e. The van der Waals surface area contributed by atoms with Crippen molar-refractivity contribution < 1.29 is 14.6 Å². The molecular weight excluding hydrogens is 230 g/mol. The second kappa shape index (κ2) is 6.52. The smallest absolute Gasteiger partial charge is 0.227 e. The number of aliphatic hydroxyl groups is 1. The first-order valence-corrected chi connectivity index (χ1v) is 6.38. The van der Waals surface area contributed by atoms with Crippen LogP contribution in [0.25, 0.3) is 0 Å². The number of hydrogen-bond donors (Lipinski definition) is 2. The van der Waals surface area contributed by atoms with Crippen molar-refractivity contribution in [1.29, 1.82) is 0 Å². The van der Waals surface area contributed by atoms with Gasteiger partial charge < -0.3 is 15.2 Å². The zero-order valence-electron chi connectivity index (χ0n) is 10.4. The summed E-state index contributed by atoms with van der Waals surface area (Å²) in [5.41, 5.74) is 1.88. The summed E-state index contributed by atoms with van der Waals surface area (Å²) in [5, 5.41) is 11.7. The predicted octanol–water partition coefficient (Wildman–Crippen LogP) is 1.59. The number of benzene rings is 1. The Balaban J connectivity index is 1.89. The number of anilines is 1. The molecule has 0 aromatic heterocycles. The Morgan fingerprint density at radius 1 is 1.28 bits per heavy atom. The molecule has 1 aliphatic rings. The van der Waals surface area contributed by atoms with Crippen molar-refractivity contribution in [1.82, 2.24) is 0 Å². The lowest BCUT2D eigenvalue weighted by atomic mass is 9.99. The molecule has 1 aromatic carbocycles. The fourth-order valence-electron chi connectivity index (χ4n) is 2.09. The number of rotatable bonds is 4. The molecule has 1 aromatic rings. The second-order valence-electron chi connectivity index (χ2n) is 4.55. The van der Waals surface area contributed by atoms with E-state index in [1.807, 2.05) is 24.3 Å². The summed E-state index contributed by atoms with van der Waals surface area (Å²) in [6.07, 6.45) is 2.25. The second-order valence-corrected chi connectivity index (χ2v) is 4.55. The first kappa shape index (κ1) is 13.1. The molecule has 1 amide bonds. The van der Waals surface area contributed by atoms with E-state index in [9.17, 15) is 4.79 Å². The van der Waals surface area contributed by atoms with Crippen LogP contribution in [-0.4, -0.2) is 30.8 Å². The van der Waals surface area contributed by atoms with Crippen LogP contribution in [0.15, 0.2) is 24.3 Å². The monoisotopic (exact) mass is 249 g/mol. The van der Waals surface area contributed by atoms with Crippen LogP contribution in [0, 0.1) is 5.92 Å². The van der Waals surface area contributed by atoms with Gasteiger partial charge in [-0.05, 0) is 37.0 Å². The molecule has 4 heteroatoms. The van der Waals surface area contributed by atoms with E-state index in [0.29, 0.717) is 19.6 Å². The van der Waals surface area contributed by atoms with Gasteiger partial charge >= 0.3 is 0 Å². The van der Waals surface area contributed by atoms with Crippen LogP contribution in [0.2, 0.25) is 0 Å². The summed E-state index contributed by atoms with van der Waals surface area (Å²) in [4.78, 5) is 12.0. The zero-order chi connectivity index (χ0) is 12.8. The first-order valence-electron chi connectivity index (χ1n) is 6.38. The van der Waals surface area contributed by atoms with E-state index in [1.165, 1.54) is 0 Å². The number of nitrogens with one attached hydrogen (secondary N) is 1. The van der Waals surface area contributed by atoms with Crippen molar-refractivity contribution in [2.24, 2.45) is 5.92 Å². The van der Waals surface area contributed by atoms with Crippen LogP contribution in [0.5, 0.6) is 0 Å². The van der Waals surface area contributed by atoms with Crippen LogP contribution in [0.1, 0.15) is 18.4 Å². The molecular formula is C14H19NO3. The molecule has 2 N–H and O–H groups in total. The van der Waals surface area contributed by atoms with Gasteiger partial charge in [-0.25, -0.2) is 0 Å². The van der Waals surface area contributed by atoms with Crippen molar-refractivity contribution in [3.63, 3.8) is 0 Å². The molecule has 1 heterocycles. The van der Waals surface area contributed by atoms with E-state index in [1.54, 1.807) is 0 Å². The van der Waals surface area contributed by atoms with Crippen LogP contribution < -0.4 is 5.32 Å². The molecule has 2 rings (SSSR count). The van der Waals surface area contributed by atoms with E-state index in [2.05, 4.69) is 5.32 Å². The lowest BCUT2D eigenvalue weighted by Gasteiger charge is -2.21. The minimum absolute atomic E-state index is 0.0656. The van der Waals surface area contributed by atoms with E-state index < -0.39 is 0 Å². The number of amides is 1. The third kappa shape index (κ3) is 3.55. The maximum Gasteiger partial charge on any atom is 0.227 e. The van der Waals surface area contributed by atoms with E-state index >= 15 is 0 Å². The Kier molecular flexibility index (Phi) is 4.73. The highest BCUT2D eigenvalue weighted by Gasteiger charge is 2.21. The summed E-state index contributed by atoms with van der Waals surface area (Å²) >= 11 is 0. The van der Waals surface area contributed by atoms with Crippen LogP contribution in [0.3, 0.4) is 0 Å². The summed E-state index contributed by atoms with van der Waals surface area (Å²) in [7, 11) is 0. The molecule has 0 spiro atoms. The van der Waals surface area contributed by atoms with E-state index in [0.717, 1.165) is 24.1 Å². The summed E-state index contributed by atoms with van der Waals surface area (Å²) in [6, 6.07) is 7.61. The molecule has 1 aliphatic heterocycles. The average Bonchev–Trinajstić information content (AvgIpc) is 2.42. The van der Waals surface area contributed by atoms with Gasteiger partial charge in [0.05, 0.1) is 0 Å². The van der Waals surface area contributed by atoms with Crippen molar-refractivity contribution in [3.8, 4) is 0 Å². The molecule has 98 valence electrons. The van der Waals surface area contributed by atoms with Crippen molar-refractivity contribution >= 4 is 11.6 Å². The summed E-state index contributed by atoms with van der Waals surface area (Å²) < 4.78 is 5.24. The van der Waals surface area contributed by atoms with Gasteiger partial charge in [0, 0.05) is 31.4 Å². The van der Waals surface area contributed by atoms with Gasteiger partial charge in [0.2, 0.25) is 5.91 Å². The highest BCUT2D eigenvalue weighted by Crippen LogP contribution is 2.18. The molecule has 0 bridgehead atoms. The fraction of sp³-hybridized carbons (Fsp3) is 0.500. The molecule has 0 aliphatic carbocycles. The normalized spacial score (nSPS) is 16.5. The number of carbonyl (C=O) groups is 1. The summed E-state index contributed by atoms with van der Waals surface area (Å²) in [6.45, 7) is 1.49. The Morgan fingerprint density at radius 3 is 2.56 bits per heavy atom. The van der Waals surface area contributed by atoms with Gasteiger partial charge in [-0.15, -0.1) is 0 Å². The number of carbonyl (C=O) groups excluding carboxylic acids is 1. The van der Waals surface area contributed by atoms with E-state index in [-0.39, 0.29) is 18.4 Å². The number of aliphatic hydroxyl groups excluding tert-OH is 1. The van der Waals surface area contributed by atoms with Gasteiger partial charge in [0.15, 0.2) is 0 Å². The molecule has 1 saturated heterocycles. The third-order valence-corrected chi connectivity index (χ3v) is 3.21. The van der Waals surface area contributed by atoms with Crippen LogP contribution >= 0.6 is 0 Å². The van der Waals surface area contributed by atoms with Crippen molar-refractivity contribution in [2.45, 2.75) is 19.3 Å². The minimum atomic E-state index is 0.0656. The third-order valence-electron chi connectivity index (χ3n) is 3.21. The zero-order valence-corrected chi connectivity index (χ0v) is 10.4. The van der Waals surface area contributed by atoms with Gasteiger partial charge in [0.1, 0.15) is 0 Å². The molecule has 0 unspecified atom stereocenters. The van der Waals surface area contributed by atoms with Crippen molar-refractivity contribution in [3.05, 3.63) is 29.8 Å². The fourth-order valence-corrected chi connectivity index (χ4v) is 2.09.